The van der Waals surface area contributed by atoms with Crippen LogP contribution in [-0.4, -0.2) is 25.1 Å². The molecule has 5 heteroatoms. The van der Waals surface area contributed by atoms with Crippen LogP contribution in [0.15, 0.2) is 4.90 Å². The number of piperidine rings is 1. The number of ketones is 1. The van der Waals surface area contributed by atoms with E-state index < -0.39 is 0 Å². The molecule has 20 heavy (non-hydrogen) atoms. The van der Waals surface area contributed by atoms with Crippen molar-refractivity contribution < 1.29 is 4.79 Å². The van der Waals surface area contributed by atoms with Gasteiger partial charge in [-0.2, -0.15) is 0 Å². The highest BCUT2D eigenvalue weighted by molar-refractivity contribution is 7.99. The molecule has 0 atom stereocenters. The Morgan fingerprint density at radius 1 is 1.50 bits per heavy atom. The van der Waals surface area contributed by atoms with Crippen molar-refractivity contribution in [3.63, 3.8) is 0 Å². The number of hydrogen-bond acceptors (Lipinski definition) is 5. The summed E-state index contributed by atoms with van der Waals surface area (Å²) >= 11 is 3.24. The second-order valence-electron chi connectivity index (χ2n) is 6.15. The Labute approximate surface area is 129 Å². The number of Topliss-reactive ketones (excluding diaryl/α,β-unsaturated/α-hetero) is 1. The molecule has 2 N–H and O–H groups in total. The Bertz CT molecular complexity index is 508. The first-order chi connectivity index (χ1) is 9.39. The molecule has 0 unspecified atom stereocenters. The van der Waals surface area contributed by atoms with Crippen LogP contribution in [0, 0.1) is 5.41 Å². The number of nitrogens with two attached hydrogens (primary N) is 1. The van der Waals surface area contributed by atoms with Gasteiger partial charge in [0.15, 0.2) is 5.78 Å². The molecule has 1 saturated heterocycles. The highest BCUT2D eigenvalue weighted by Crippen LogP contribution is 2.46. The number of hydrogen-bond donors (Lipinski definition) is 1. The van der Waals surface area contributed by atoms with Crippen LogP contribution in [-0.2, 0) is 0 Å². The van der Waals surface area contributed by atoms with Gasteiger partial charge in [-0.3, -0.25) is 4.79 Å². The first-order valence-electron chi connectivity index (χ1n) is 7.14. The van der Waals surface area contributed by atoms with Gasteiger partial charge in [0.2, 0.25) is 0 Å². The molecule has 0 saturated carbocycles. The molecule has 1 aromatic heterocycles. The van der Waals surface area contributed by atoms with Gasteiger partial charge in [-0.1, -0.05) is 20.8 Å². The topological polar surface area (TPSA) is 46.3 Å². The van der Waals surface area contributed by atoms with Crippen molar-refractivity contribution in [3.05, 3.63) is 4.88 Å². The van der Waals surface area contributed by atoms with Gasteiger partial charge in [0.05, 0.1) is 15.5 Å². The molecule has 1 fully saturated rings. The lowest BCUT2D eigenvalue weighted by Crippen LogP contribution is -2.39. The van der Waals surface area contributed by atoms with Gasteiger partial charge in [-0.05, 0) is 24.5 Å². The highest BCUT2D eigenvalue weighted by atomic mass is 32.2. The van der Waals surface area contributed by atoms with Gasteiger partial charge < -0.3 is 10.6 Å². The molecule has 0 amide bonds. The zero-order valence-corrected chi connectivity index (χ0v) is 14.4. The Morgan fingerprint density at radius 3 is 2.75 bits per heavy atom. The average molecular weight is 313 g/mol. The SMILES string of the molecule is CCC(=O)c1sc(N2CCCC(C)(C)C2)c(SC)c1N. The molecule has 0 bridgehead atoms. The molecule has 2 rings (SSSR count). The summed E-state index contributed by atoms with van der Waals surface area (Å²) in [6.45, 7) is 8.63. The molecule has 0 aliphatic carbocycles. The number of carbonyl (C=O) groups is 1. The van der Waals surface area contributed by atoms with Crippen LogP contribution in [0.4, 0.5) is 10.7 Å². The summed E-state index contributed by atoms with van der Waals surface area (Å²) in [5.41, 5.74) is 7.23. The third kappa shape index (κ3) is 2.98. The Balaban J connectivity index is 2.38. The zero-order valence-electron chi connectivity index (χ0n) is 12.8. The molecule has 112 valence electrons. The van der Waals surface area contributed by atoms with Crippen molar-refractivity contribution in [3.8, 4) is 0 Å². The van der Waals surface area contributed by atoms with Gasteiger partial charge >= 0.3 is 0 Å². The molecule has 2 heterocycles. The van der Waals surface area contributed by atoms with Crippen molar-refractivity contribution in [2.45, 2.75) is 44.9 Å². The van der Waals surface area contributed by atoms with Crippen LogP contribution >= 0.6 is 23.1 Å². The largest absolute Gasteiger partial charge is 0.396 e. The second-order valence-corrected chi connectivity index (χ2v) is 7.96. The van der Waals surface area contributed by atoms with Gasteiger partial charge in [-0.25, -0.2) is 0 Å². The highest BCUT2D eigenvalue weighted by Gasteiger charge is 2.30. The minimum atomic E-state index is 0.158. The number of carbonyl (C=O) groups excluding carboxylic acids is 1. The van der Waals surface area contributed by atoms with Crippen molar-refractivity contribution >= 4 is 39.6 Å². The van der Waals surface area contributed by atoms with E-state index in [0.29, 0.717) is 17.5 Å². The van der Waals surface area contributed by atoms with E-state index in [4.69, 9.17) is 5.73 Å². The number of thiophene rings is 1. The van der Waals surface area contributed by atoms with Gasteiger partial charge in [0.25, 0.3) is 0 Å². The van der Waals surface area contributed by atoms with Gasteiger partial charge in [-0.15, -0.1) is 23.1 Å². The van der Waals surface area contributed by atoms with Crippen LogP contribution in [0.3, 0.4) is 0 Å². The lowest BCUT2D eigenvalue weighted by Gasteiger charge is -2.39. The number of nitrogen functional groups attached to an aromatic ring is 1. The van der Waals surface area contributed by atoms with E-state index in [1.54, 1.807) is 23.1 Å². The molecular formula is C15H24N2OS2. The first kappa shape index (κ1) is 15.7. The van der Waals surface area contributed by atoms with Gasteiger partial charge in [0.1, 0.15) is 5.00 Å². The van der Waals surface area contributed by atoms with Gasteiger partial charge in [0, 0.05) is 19.5 Å². The fraction of sp³-hybridized carbons (Fsp3) is 0.667. The number of rotatable bonds is 4. The molecule has 0 radical (unpaired) electrons. The standard InChI is InChI=1S/C15H24N2OS2/c1-5-10(18)12-11(16)13(19-4)14(20-12)17-8-6-7-15(2,3)9-17/h5-9,16H2,1-4H3. The van der Waals surface area contributed by atoms with Crippen molar-refractivity contribution in [2.24, 2.45) is 5.41 Å². The zero-order chi connectivity index (χ0) is 14.9. The first-order valence-corrected chi connectivity index (χ1v) is 9.18. The number of nitrogens with zero attached hydrogens (tertiary/aromatic N) is 1. The summed E-state index contributed by atoms with van der Waals surface area (Å²) in [4.78, 5) is 16.3. The summed E-state index contributed by atoms with van der Waals surface area (Å²) in [6.07, 6.45) is 5.02. The van der Waals surface area contributed by atoms with Crippen LogP contribution < -0.4 is 10.6 Å². The van der Waals surface area contributed by atoms with E-state index in [0.717, 1.165) is 22.9 Å². The normalized spacial score (nSPS) is 18.3. The van der Waals surface area contributed by atoms with E-state index in [9.17, 15) is 4.79 Å². The molecule has 1 aromatic rings. The molecule has 3 nitrogen and oxygen atoms in total. The monoisotopic (exact) mass is 312 g/mol. The summed E-state index contributed by atoms with van der Waals surface area (Å²) in [6, 6.07) is 0. The van der Waals surface area contributed by atoms with Crippen LogP contribution in [0.1, 0.15) is 49.7 Å². The summed E-state index contributed by atoms with van der Waals surface area (Å²) < 4.78 is 0. The van der Waals surface area contributed by atoms with Crippen LogP contribution in [0.5, 0.6) is 0 Å². The van der Waals surface area contributed by atoms with E-state index in [2.05, 4.69) is 18.7 Å². The summed E-state index contributed by atoms with van der Waals surface area (Å²) in [5, 5.41) is 1.19. The maximum atomic E-state index is 12.0. The number of anilines is 2. The average Bonchev–Trinajstić information content (AvgIpc) is 2.73. The maximum absolute atomic E-state index is 12.0. The van der Waals surface area contributed by atoms with E-state index >= 15 is 0 Å². The molecule has 0 spiro atoms. The Kier molecular flexibility index (Phi) is 4.69. The van der Waals surface area contributed by atoms with Crippen LogP contribution in [0.25, 0.3) is 0 Å². The van der Waals surface area contributed by atoms with E-state index in [1.807, 2.05) is 13.2 Å². The molecular weight excluding hydrogens is 288 g/mol. The van der Waals surface area contributed by atoms with E-state index in [-0.39, 0.29) is 5.78 Å². The Morgan fingerprint density at radius 2 is 2.20 bits per heavy atom. The summed E-state index contributed by atoms with van der Waals surface area (Å²) in [5.74, 6) is 0.158. The Hall–Kier alpha value is -0.680. The second kappa shape index (κ2) is 5.98. The third-order valence-corrected chi connectivity index (χ3v) is 6.11. The minimum Gasteiger partial charge on any atom is -0.396 e. The van der Waals surface area contributed by atoms with Crippen molar-refractivity contribution in [2.75, 3.05) is 30.0 Å². The van der Waals surface area contributed by atoms with E-state index in [1.165, 1.54) is 17.8 Å². The lowest BCUT2D eigenvalue weighted by molar-refractivity contribution is 0.0992. The fourth-order valence-corrected chi connectivity index (χ4v) is 5.00. The predicted molar refractivity (Wildman–Crippen MR) is 90.4 cm³/mol. The summed E-state index contributed by atoms with van der Waals surface area (Å²) in [7, 11) is 0. The molecule has 1 aliphatic rings. The predicted octanol–water partition coefficient (Wildman–Crippen LogP) is 4.27. The van der Waals surface area contributed by atoms with Crippen LogP contribution in [0.2, 0.25) is 0 Å². The third-order valence-electron chi connectivity index (χ3n) is 3.85. The van der Waals surface area contributed by atoms with Crippen molar-refractivity contribution in [1.82, 2.24) is 0 Å². The lowest BCUT2D eigenvalue weighted by atomic mass is 9.84. The van der Waals surface area contributed by atoms with Crippen molar-refractivity contribution in [1.29, 1.82) is 0 Å². The molecule has 1 aliphatic heterocycles. The quantitative estimate of drug-likeness (QED) is 0.666. The number of thioether (sulfide) groups is 1. The fourth-order valence-electron chi connectivity index (χ4n) is 2.79. The maximum Gasteiger partial charge on any atom is 0.174 e. The molecule has 0 aromatic carbocycles. The smallest absolute Gasteiger partial charge is 0.174 e. The minimum absolute atomic E-state index is 0.158.